The summed E-state index contributed by atoms with van der Waals surface area (Å²) in [5.74, 6) is 0.616. The summed E-state index contributed by atoms with van der Waals surface area (Å²) >= 11 is 0. The summed E-state index contributed by atoms with van der Waals surface area (Å²) in [5, 5.41) is 0. The van der Waals surface area contributed by atoms with Crippen molar-refractivity contribution in [3.05, 3.63) is 35.4 Å². The molecule has 0 aromatic heterocycles. The third kappa shape index (κ3) is 3.51. The smallest absolute Gasteiger partial charge is 0.00136 e. The van der Waals surface area contributed by atoms with Crippen molar-refractivity contribution in [1.82, 2.24) is 0 Å². The first-order chi connectivity index (χ1) is 6.59. The van der Waals surface area contributed by atoms with Crippen molar-refractivity contribution in [2.45, 2.75) is 45.6 Å². The van der Waals surface area contributed by atoms with Gasteiger partial charge in [0.05, 0.1) is 0 Å². The third-order valence-corrected chi connectivity index (χ3v) is 2.51. The van der Waals surface area contributed by atoms with Crippen LogP contribution in [-0.4, -0.2) is 6.04 Å². The molecule has 0 bridgehead atoms. The maximum absolute atomic E-state index is 5.74. The Balaban J connectivity index is 2.64. The van der Waals surface area contributed by atoms with E-state index in [0.717, 1.165) is 12.8 Å². The highest BCUT2D eigenvalue weighted by Gasteiger charge is 2.01. The lowest BCUT2D eigenvalue weighted by Crippen LogP contribution is -2.15. The molecule has 2 N–H and O–H groups in total. The van der Waals surface area contributed by atoms with Crippen LogP contribution in [0, 0.1) is 0 Å². The molecule has 1 nitrogen and oxygen atoms in total. The molecule has 0 radical (unpaired) electrons. The van der Waals surface area contributed by atoms with Crippen LogP contribution >= 0.6 is 0 Å². The summed E-state index contributed by atoms with van der Waals surface area (Å²) < 4.78 is 0. The molecular weight excluding hydrogens is 170 g/mol. The zero-order valence-corrected chi connectivity index (χ0v) is 9.46. The number of nitrogens with two attached hydrogens (primary N) is 1. The number of hydrogen-bond acceptors (Lipinski definition) is 1. The van der Waals surface area contributed by atoms with Crippen LogP contribution in [-0.2, 0) is 6.42 Å². The highest BCUT2D eigenvalue weighted by atomic mass is 14.6. The topological polar surface area (TPSA) is 26.0 Å². The van der Waals surface area contributed by atoms with Gasteiger partial charge in [-0.2, -0.15) is 0 Å². The zero-order chi connectivity index (χ0) is 10.6. The van der Waals surface area contributed by atoms with Crippen molar-refractivity contribution in [2.75, 3.05) is 0 Å². The standard InChI is InChI=1S/C13H21N/c1-10(2)13-6-4-5-12(9-13)8-7-11(3)14/h4-6,9-11H,7-8,14H2,1-3H3. The second-order valence-corrected chi connectivity index (χ2v) is 4.42. The van der Waals surface area contributed by atoms with Gasteiger partial charge in [0.2, 0.25) is 0 Å². The van der Waals surface area contributed by atoms with Gasteiger partial charge in [-0.05, 0) is 36.8 Å². The first-order valence-corrected chi connectivity index (χ1v) is 5.44. The molecule has 1 atom stereocenters. The maximum atomic E-state index is 5.74. The average Bonchev–Trinajstić information content (AvgIpc) is 2.15. The molecule has 0 aliphatic rings. The molecule has 0 saturated heterocycles. The van der Waals surface area contributed by atoms with Crippen molar-refractivity contribution in [1.29, 1.82) is 0 Å². The van der Waals surface area contributed by atoms with E-state index in [1.54, 1.807) is 0 Å². The Hall–Kier alpha value is -0.820. The van der Waals surface area contributed by atoms with Crippen molar-refractivity contribution >= 4 is 0 Å². The first-order valence-electron chi connectivity index (χ1n) is 5.44. The summed E-state index contributed by atoms with van der Waals surface area (Å²) in [6.45, 7) is 6.52. The van der Waals surface area contributed by atoms with E-state index in [4.69, 9.17) is 5.73 Å². The molecule has 78 valence electrons. The summed E-state index contributed by atoms with van der Waals surface area (Å²) in [6.07, 6.45) is 2.17. The SMILES string of the molecule is CC(N)CCc1cccc(C(C)C)c1. The van der Waals surface area contributed by atoms with E-state index in [1.807, 2.05) is 0 Å². The van der Waals surface area contributed by atoms with Gasteiger partial charge in [0.15, 0.2) is 0 Å². The molecule has 0 heterocycles. The van der Waals surface area contributed by atoms with E-state index in [-0.39, 0.29) is 0 Å². The predicted molar refractivity (Wildman–Crippen MR) is 62.5 cm³/mol. The van der Waals surface area contributed by atoms with Crippen LogP contribution in [0.4, 0.5) is 0 Å². The largest absolute Gasteiger partial charge is 0.328 e. The van der Waals surface area contributed by atoms with Crippen LogP contribution in [0.1, 0.15) is 44.2 Å². The predicted octanol–water partition coefficient (Wildman–Crippen LogP) is 3.09. The van der Waals surface area contributed by atoms with E-state index in [9.17, 15) is 0 Å². The van der Waals surface area contributed by atoms with E-state index < -0.39 is 0 Å². The fourth-order valence-corrected chi connectivity index (χ4v) is 1.50. The Morgan fingerprint density at radius 3 is 2.50 bits per heavy atom. The normalized spacial score (nSPS) is 13.2. The van der Waals surface area contributed by atoms with E-state index in [0.29, 0.717) is 12.0 Å². The van der Waals surface area contributed by atoms with Gasteiger partial charge in [-0.1, -0.05) is 38.1 Å². The molecule has 1 unspecified atom stereocenters. The molecule has 0 amide bonds. The Morgan fingerprint density at radius 2 is 1.93 bits per heavy atom. The van der Waals surface area contributed by atoms with E-state index in [1.165, 1.54) is 11.1 Å². The van der Waals surface area contributed by atoms with Crippen molar-refractivity contribution in [2.24, 2.45) is 5.73 Å². The number of aryl methyl sites for hydroxylation is 1. The maximum Gasteiger partial charge on any atom is 0.00136 e. The second kappa shape index (κ2) is 5.16. The van der Waals surface area contributed by atoms with Crippen LogP contribution in [0.15, 0.2) is 24.3 Å². The fraction of sp³-hybridized carbons (Fsp3) is 0.538. The minimum Gasteiger partial charge on any atom is -0.328 e. The Bertz CT molecular complexity index is 276. The molecule has 0 aliphatic heterocycles. The molecule has 0 spiro atoms. The Kier molecular flexibility index (Phi) is 4.15. The number of hydrogen-bond donors (Lipinski definition) is 1. The first kappa shape index (κ1) is 11.3. The van der Waals surface area contributed by atoms with Crippen molar-refractivity contribution in [3.8, 4) is 0 Å². The number of benzene rings is 1. The molecule has 0 saturated carbocycles. The van der Waals surface area contributed by atoms with Crippen LogP contribution in [0.2, 0.25) is 0 Å². The van der Waals surface area contributed by atoms with Crippen LogP contribution < -0.4 is 5.73 Å². The van der Waals surface area contributed by atoms with Gasteiger partial charge in [-0.3, -0.25) is 0 Å². The van der Waals surface area contributed by atoms with Gasteiger partial charge in [0, 0.05) is 6.04 Å². The molecule has 1 aromatic rings. The Labute approximate surface area is 87.3 Å². The van der Waals surface area contributed by atoms with Gasteiger partial charge >= 0.3 is 0 Å². The molecule has 0 aliphatic carbocycles. The van der Waals surface area contributed by atoms with E-state index >= 15 is 0 Å². The quantitative estimate of drug-likeness (QED) is 0.777. The average molecular weight is 191 g/mol. The lowest BCUT2D eigenvalue weighted by molar-refractivity contribution is 0.665. The second-order valence-electron chi connectivity index (χ2n) is 4.42. The fourth-order valence-electron chi connectivity index (χ4n) is 1.50. The lowest BCUT2D eigenvalue weighted by Gasteiger charge is -2.09. The van der Waals surface area contributed by atoms with Gasteiger partial charge in [0.1, 0.15) is 0 Å². The highest BCUT2D eigenvalue weighted by Crippen LogP contribution is 2.16. The van der Waals surface area contributed by atoms with Crippen molar-refractivity contribution < 1.29 is 0 Å². The van der Waals surface area contributed by atoms with Crippen molar-refractivity contribution in [3.63, 3.8) is 0 Å². The molecule has 0 fully saturated rings. The molecule has 1 rings (SSSR count). The molecular formula is C13H21N. The van der Waals surface area contributed by atoms with Gasteiger partial charge < -0.3 is 5.73 Å². The summed E-state index contributed by atoms with van der Waals surface area (Å²) in [7, 11) is 0. The van der Waals surface area contributed by atoms with E-state index in [2.05, 4.69) is 45.0 Å². The lowest BCUT2D eigenvalue weighted by atomic mass is 9.98. The van der Waals surface area contributed by atoms with Gasteiger partial charge in [-0.15, -0.1) is 0 Å². The van der Waals surface area contributed by atoms with Gasteiger partial charge in [-0.25, -0.2) is 0 Å². The summed E-state index contributed by atoms with van der Waals surface area (Å²) in [5.41, 5.74) is 8.57. The summed E-state index contributed by atoms with van der Waals surface area (Å²) in [6, 6.07) is 9.13. The monoisotopic (exact) mass is 191 g/mol. The minimum absolute atomic E-state index is 0.303. The van der Waals surface area contributed by atoms with Crippen LogP contribution in [0.25, 0.3) is 0 Å². The summed E-state index contributed by atoms with van der Waals surface area (Å²) in [4.78, 5) is 0. The minimum atomic E-state index is 0.303. The zero-order valence-electron chi connectivity index (χ0n) is 9.46. The van der Waals surface area contributed by atoms with Gasteiger partial charge in [0.25, 0.3) is 0 Å². The third-order valence-electron chi connectivity index (χ3n) is 2.51. The molecule has 1 heteroatoms. The molecule has 1 aromatic carbocycles. The Morgan fingerprint density at radius 1 is 1.21 bits per heavy atom. The van der Waals surface area contributed by atoms with Crippen LogP contribution in [0.5, 0.6) is 0 Å². The van der Waals surface area contributed by atoms with Crippen LogP contribution in [0.3, 0.4) is 0 Å². The highest BCUT2D eigenvalue weighted by molar-refractivity contribution is 5.25. The molecule has 14 heavy (non-hydrogen) atoms. The number of rotatable bonds is 4.